The van der Waals surface area contributed by atoms with Crippen LogP contribution in [0.15, 0.2) is 30.9 Å². The van der Waals surface area contributed by atoms with Crippen molar-refractivity contribution in [2.45, 2.75) is 32.7 Å². The number of pyridine rings is 1. The first-order valence-electron chi connectivity index (χ1n) is 8.47. The Morgan fingerprint density at radius 2 is 1.96 bits per heavy atom. The number of rotatable bonds is 2. The Morgan fingerprint density at radius 3 is 2.65 bits per heavy atom. The average Bonchev–Trinajstić information content (AvgIpc) is 2.99. The third-order valence-electron chi connectivity index (χ3n) is 5.19. The second-order valence-corrected chi connectivity index (χ2v) is 7.74. The van der Waals surface area contributed by atoms with Crippen molar-refractivity contribution < 1.29 is 4.79 Å². The molecule has 0 radical (unpaired) electrons. The molecule has 1 amide bonds. The van der Waals surface area contributed by atoms with Crippen LogP contribution in [0.3, 0.4) is 0 Å². The zero-order valence-electron chi connectivity index (χ0n) is 13.9. The van der Waals surface area contributed by atoms with Crippen LogP contribution in [0.4, 0.5) is 0 Å². The molecule has 2 aliphatic rings. The molecular formula is C18H24N4O. The van der Waals surface area contributed by atoms with E-state index < -0.39 is 0 Å². The number of likely N-dealkylation sites (tertiary alicyclic amines) is 2. The van der Waals surface area contributed by atoms with E-state index in [1.54, 1.807) is 12.5 Å². The molecule has 0 aliphatic carbocycles. The van der Waals surface area contributed by atoms with Crippen LogP contribution < -0.4 is 0 Å². The zero-order valence-corrected chi connectivity index (χ0v) is 13.9. The first kappa shape index (κ1) is 14.7. The van der Waals surface area contributed by atoms with Gasteiger partial charge in [-0.1, -0.05) is 13.8 Å². The van der Waals surface area contributed by atoms with Crippen LogP contribution in [-0.2, 0) is 0 Å². The summed E-state index contributed by atoms with van der Waals surface area (Å²) in [6, 6.07) is 4.52. The first-order valence-corrected chi connectivity index (χ1v) is 8.47. The molecule has 0 aromatic carbocycles. The van der Waals surface area contributed by atoms with Crippen LogP contribution in [0.25, 0.3) is 5.52 Å². The van der Waals surface area contributed by atoms with E-state index >= 15 is 0 Å². The number of hydrogen-bond acceptors (Lipinski definition) is 3. The molecule has 0 spiro atoms. The summed E-state index contributed by atoms with van der Waals surface area (Å²) in [6.45, 7) is 8.78. The lowest BCUT2D eigenvalue weighted by molar-refractivity contribution is -0.0249. The number of hydrogen-bond donors (Lipinski definition) is 0. The van der Waals surface area contributed by atoms with Crippen LogP contribution >= 0.6 is 0 Å². The van der Waals surface area contributed by atoms with Crippen molar-refractivity contribution in [2.75, 3.05) is 26.2 Å². The van der Waals surface area contributed by atoms with Crippen LogP contribution in [0, 0.1) is 5.41 Å². The Balaban J connectivity index is 1.39. The summed E-state index contributed by atoms with van der Waals surface area (Å²) in [4.78, 5) is 21.4. The molecule has 4 heterocycles. The Labute approximate surface area is 136 Å². The molecule has 122 valence electrons. The van der Waals surface area contributed by atoms with Gasteiger partial charge in [-0.2, -0.15) is 0 Å². The summed E-state index contributed by atoms with van der Waals surface area (Å²) in [6.07, 6.45) is 7.61. The van der Waals surface area contributed by atoms with E-state index in [-0.39, 0.29) is 5.91 Å². The first-order chi connectivity index (χ1) is 11.0. The molecule has 4 rings (SSSR count). The lowest BCUT2D eigenvalue weighted by atomic mass is 9.82. The van der Waals surface area contributed by atoms with E-state index in [2.05, 4.69) is 23.7 Å². The van der Waals surface area contributed by atoms with Gasteiger partial charge in [-0.15, -0.1) is 0 Å². The molecule has 2 aromatic heterocycles. The summed E-state index contributed by atoms with van der Waals surface area (Å²) >= 11 is 0. The van der Waals surface area contributed by atoms with Gasteiger partial charge in [0.15, 0.2) is 0 Å². The molecule has 23 heavy (non-hydrogen) atoms. The Bertz CT molecular complexity index is 719. The largest absolute Gasteiger partial charge is 0.338 e. The summed E-state index contributed by atoms with van der Waals surface area (Å²) in [5, 5.41) is 0. The van der Waals surface area contributed by atoms with E-state index in [0.29, 0.717) is 11.5 Å². The van der Waals surface area contributed by atoms with Crippen LogP contribution in [-0.4, -0.2) is 57.3 Å². The predicted molar refractivity (Wildman–Crippen MR) is 89.5 cm³/mol. The maximum Gasteiger partial charge on any atom is 0.255 e. The number of imidazole rings is 1. The molecule has 0 bridgehead atoms. The average molecular weight is 312 g/mol. The Hall–Kier alpha value is -1.88. The molecule has 2 aromatic rings. The van der Waals surface area contributed by atoms with E-state index in [1.165, 1.54) is 13.1 Å². The van der Waals surface area contributed by atoms with E-state index in [9.17, 15) is 4.79 Å². The van der Waals surface area contributed by atoms with E-state index in [4.69, 9.17) is 0 Å². The quantitative estimate of drug-likeness (QED) is 0.854. The van der Waals surface area contributed by atoms with Gasteiger partial charge in [0.25, 0.3) is 5.91 Å². The summed E-state index contributed by atoms with van der Waals surface area (Å²) in [5.74, 6) is 0.142. The van der Waals surface area contributed by atoms with Crippen LogP contribution in [0.2, 0.25) is 0 Å². The van der Waals surface area contributed by atoms with Gasteiger partial charge in [-0.3, -0.25) is 9.69 Å². The van der Waals surface area contributed by atoms with Gasteiger partial charge < -0.3 is 9.30 Å². The molecule has 5 heteroatoms. The highest BCUT2D eigenvalue weighted by Gasteiger charge is 2.39. The second-order valence-electron chi connectivity index (χ2n) is 7.74. The number of carbonyl (C=O) groups is 1. The highest BCUT2D eigenvalue weighted by molar-refractivity contribution is 5.94. The molecular weight excluding hydrogens is 288 g/mol. The number of nitrogens with zero attached hydrogens (tertiary/aromatic N) is 4. The SMILES string of the molecule is CC1(C)CN(C2CCN(C(=O)c3ccc4cncn4c3)CC2)C1. The van der Waals surface area contributed by atoms with E-state index in [1.807, 2.05) is 27.6 Å². The highest BCUT2D eigenvalue weighted by Crippen LogP contribution is 2.33. The molecule has 5 nitrogen and oxygen atoms in total. The van der Waals surface area contributed by atoms with Crippen molar-refractivity contribution in [1.82, 2.24) is 19.2 Å². The zero-order chi connectivity index (χ0) is 16.0. The minimum Gasteiger partial charge on any atom is -0.338 e. The van der Waals surface area contributed by atoms with Crippen molar-refractivity contribution in [3.63, 3.8) is 0 Å². The van der Waals surface area contributed by atoms with Gasteiger partial charge in [-0.25, -0.2) is 4.98 Å². The van der Waals surface area contributed by atoms with Crippen LogP contribution in [0.1, 0.15) is 37.0 Å². The fourth-order valence-electron chi connectivity index (χ4n) is 3.97. The molecule has 0 saturated carbocycles. The lowest BCUT2D eigenvalue weighted by Crippen LogP contribution is -2.59. The third kappa shape index (κ3) is 2.74. The number of piperidine rings is 1. The maximum absolute atomic E-state index is 12.7. The van der Waals surface area contributed by atoms with Gasteiger partial charge in [0, 0.05) is 38.4 Å². The Kier molecular flexibility index (Phi) is 3.41. The fraction of sp³-hybridized carbons (Fsp3) is 0.556. The van der Waals surface area contributed by atoms with Crippen LogP contribution in [0.5, 0.6) is 0 Å². The minimum atomic E-state index is 0.142. The molecule has 0 unspecified atom stereocenters. The van der Waals surface area contributed by atoms with Crippen molar-refractivity contribution in [3.8, 4) is 0 Å². The number of carbonyl (C=O) groups excluding carboxylic acids is 1. The molecule has 0 N–H and O–H groups in total. The minimum absolute atomic E-state index is 0.142. The molecule has 2 saturated heterocycles. The third-order valence-corrected chi connectivity index (χ3v) is 5.19. The van der Waals surface area contributed by atoms with Gasteiger partial charge in [0.2, 0.25) is 0 Å². The van der Waals surface area contributed by atoms with Gasteiger partial charge >= 0.3 is 0 Å². The lowest BCUT2D eigenvalue weighted by Gasteiger charge is -2.51. The Morgan fingerprint density at radius 1 is 1.22 bits per heavy atom. The standard InChI is InChI=1S/C18H24N4O/c1-18(2)11-22(12-18)15-5-7-20(8-6-15)17(23)14-3-4-16-9-19-13-21(16)10-14/h3-4,9-10,13,15H,5-8,11-12H2,1-2H3. The molecule has 2 aliphatic heterocycles. The number of aromatic nitrogens is 2. The predicted octanol–water partition coefficient (Wildman–Crippen LogP) is 2.28. The maximum atomic E-state index is 12.7. The monoisotopic (exact) mass is 312 g/mol. The van der Waals surface area contributed by atoms with Gasteiger partial charge in [0.1, 0.15) is 0 Å². The fourth-order valence-corrected chi connectivity index (χ4v) is 3.97. The number of fused-ring (bicyclic) bond motifs is 1. The van der Waals surface area contributed by atoms with Crippen molar-refractivity contribution >= 4 is 11.4 Å². The second kappa shape index (κ2) is 5.34. The van der Waals surface area contributed by atoms with Gasteiger partial charge in [-0.05, 0) is 30.4 Å². The van der Waals surface area contributed by atoms with E-state index in [0.717, 1.165) is 37.0 Å². The van der Waals surface area contributed by atoms with Crippen molar-refractivity contribution in [2.24, 2.45) is 5.41 Å². The van der Waals surface area contributed by atoms with Gasteiger partial charge in [0.05, 0.1) is 23.6 Å². The highest BCUT2D eigenvalue weighted by atomic mass is 16.2. The number of amides is 1. The molecule has 2 fully saturated rings. The smallest absolute Gasteiger partial charge is 0.255 e. The van der Waals surface area contributed by atoms with Crippen molar-refractivity contribution in [1.29, 1.82) is 0 Å². The summed E-state index contributed by atoms with van der Waals surface area (Å²) in [5.41, 5.74) is 2.24. The van der Waals surface area contributed by atoms with Crippen molar-refractivity contribution in [3.05, 3.63) is 36.4 Å². The summed E-state index contributed by atoms with van der Waals surface area (Å²) < 4.78 is 1.90. The summed E-state index contributed by atoms with van der Waals surface area (Å²) in [7, 11) is 0. The molecule has 0 atom stereocenters. The normalized spacial score (nSPS) is 22.3. The topological polar surface area (TPSA) is 40.8 Å².